The molecule has 3 N–H and O–H groups in total. The van der Waals surface area contributed by atoms with Crippen molar-refractivity contribution in [2.75, 3.05) is 20.8 Å². The molecule has 2 bridgehead atoms. The summed E-state index contributed by atoms with van der Waals surface area (Å²) in [4.78, 5) is 25.9. The lowest BCUT2D eigenvalue weighted by molar-refractivity contribution is -0.313. The van der Waals surface area contributed by atoms with Gasteiger partial charge in [-0.05, 0) is 5.92 Å². The van der Waals surface area contributed by atoms with Crippen LogP contribution in [0.1, 0.15) is 27.2 Å². The summed E-state index contributed by atoms with van der Waals surface area (Å²) in [5, 5.41) is 33.5. The molecule has 5 fully saturated rings. The average Bonchev–Trinajstić information content (AvgIpc) is 3.37. The van der Waals surface area contributed by atoms with Crippen molar-refractivity contribution in [2.45, 2.75) is 68.4 Å². The molecule has 9 unspecified atom stereocenters. The fraction of sp³-hybridized carbons (Fsp3) is 0.810. The summed E-state index contributed by atoms with van der Waals surface area (Å²) in [6.45, 7) is 4.69. The van der Waals surface area contributed by atoms with Gasteiger partial charge in [-0.2, -0.15) is 0 Å². The maximum atomic E-state index is 13.0. The first-order valence-corrected chi connectivity index (χ1v) is 10.4. The Labute approximate surface area is 179 Å². The molecule has 31 heavy (non-hydrogen) atoms. The van der Waals surface area contributed by atoms with Gasteiger partial charge in [-0.1, -0.05) is 20.8 Å². The number of methoxy groups -OCH3 is 2. The Morgan fingerprint density at radius 3 is 2.42 bits per heavy atom. The predicted octanol–water partition coefficient (Wildman–Crippen LogP) is -0.959. The Balaban J connectivity index is 1.73. The van der Waals surface area contributed by atoms with Crippen LogP contribution in [0.2, 0.25) is 0 Å². The van der Waals surface area contributed by atoms with E-state index in [1.165, 1.54) is 14.2 Å². The SMILES string of the molecule is COC(CO)=C1CC2(OC1=O)C1OC1C1(O)C3C(=O)OC(C(OC)C21C)C3(O)C(C)C. The molecule has 0 amide bonds. The summed E-state index contributed by atoms with van der Waals surface area (Å²) >= 11 is 0. The van der Waals surface area contributed by atoms with Crippen LogP contribution in [0.3, 0.4) is 0 Å². The van der Waals surface area contributed by atoms with Gasteiger partial charge in [0.25, 0.3) is 0 Å². The number of fused-ring (bicyclic) bond motifs is 8. The van der Waals surface area contributed by atoms with Crippen LogP contribution in [0.5, 0.6) is 0 Å². The standard InChI is InChI=1S/C21H28O10/c1-8(2)20(25)11-17(24)30-14(20)12(28-5)18(3)19(13-15(29-13)21(11,18)26)6-9(16(23)31-19)10(7-22)27-4/h8,11-15,22,25-26H,6-7H2,1-5H3. The molecule has 2 saturated carbocycles. The highest BCUT2D eigenvalue weighted by molar-refractivity contribution is 5.93. The molecule has 0 aromatic heterocycles. The highest BCUT2D eigenvalue weighted by Crippen LogP contribution is 2.76. The van der Waals surface area contributed by atoms with Crippen LogP contribution >= 0.6 is 0 Å². The molecule has 3 aliphatic heterocycles. The lowest BCUT2D eigenvalue weighted by atomic mass is 9.48. The fourth-order valence-electron chi connectivity index (χ4n) is 7.01. The van der Waals surface area contributed by atoms with E-state index in [9.17, 15) is 24.9 Å². The highest BCUT2D eigenvalue weighted by atomic mass is 16.7. The first kappa shape index (κ1) is 21.1. The molecule has 0 aromatic carbocycles. The van der Waals surface area contributed by atoms with Crippen LogP contribution in [-0.2, 0) is 33.3 Å². The van der Waals surface area contributed by atoms with Gasteiger partial charge in [0.05, 0.1) is 18.1 Å². The minimum atomic E-state index is -1.91. The second kappa shape index (κ2) is 5.99. The van der Waals surface area contributed by atoms with Gasteiger partial charge in [-0.15, -0.1) is 0 Å². The third-order valence-corrected chi connectivity index (χ3v) is 8.64. The van der Waals surface area contributed by atoms with E-state index in [4.69, 9.17) is 23.7 Å². The second-order valence-corrected chi connectivity index (χ2v) is 9.71. The van der Waals surface area contributed by atoms with Gasteiger partial charge in [0.2, 0.25) is 0 Å². The summed E-state index contributed by atoms with van der Waals surface area (Å²) in [6.07, 6.45) is -3.63. The number of carbonyl (C=O) groups excluding carboxylic acids is 2. The molecule has 3 saturated heterocycles. The van der Waals surface area contributed by atoms with E-state index in [-0.39, 0.29) is 17.8 Å². The van der Waals surface area contributed by atoms with Gasteiger partial charge in [0.1, 0.15) is 47.8 Å². The lowest BCUT2D eigenvalue weighted by Gasteiger charge is -2.60. The molecule has 10 heteroatoms. The number of aliphatic hydroxyl groups is 3. The molecular weight excluding hydrogens is 412 g/mol. The monoisotopic (exact) mass is 440 g/mol. The number of hydrogen-bond donors (Lipinski definition) is 3. The molecule has 5 aliphatic rings. The van der Waals surface area contributed by atoms with Gasteiger partial charge in [0, 0.05) is 13.5 Å². The van der Waals surface area contributed by atoms with Crippen molar-refractivity contribution in [2.24, 2.45) is 17.3 Å². The van der Waals surface area contributed by atoms with Crippen molar-refractivity contribution >= 4 is 11.9 Å². The van der Waals surface area contributed by atoms with E-state index >= 15 is 0 Å². The summed E-state index contributed by atoms with van der Waals surface area (Å²) in [7, 11) is 2.75. The zero-order chi connectivity index (χ0) is 22.7. The Morgan fingerprint density at radius 1 is 1.19 bits per heavy atom. The minimum Gasteiger partial charge on any atom is -0.498 e. The smallest absolute Gasteiger partial charge is 0.338 e. The predicted molar refractivity (Wildman–Crippen MR) is 100 cm³/mol. The van der Waals surface area contributed by atoms with E-state index in [0.29, 0.717) is 0 Å². The van der Waals surface area contributed by atoms with Crippen molar-refractivity contribution in [1.29, 1.82) is 0 Å². The van der Waals surface area contributed by atoms with Crippen molar-refractivity contribution in [1.82, 2.24) is 0 Å². The number of esters is 2. The number of hydrogen-bond acceptors (Lipinski definition) is 10. The van der Waals surface area contributed by atoms with E-state index in [1.54, 1.807) is 20.8 Å². The summed E-state index contributed by atoms with van der Waals surface area (Å²) in [5.74, 6) is -3.09. The summed E-state index contributed by atoms with van der Waals surface area (Å²) < 4.78 is 28.3. The van der Waals surface area contributed by atoms with Crippen molar-refractivity contribution < 1.29 is 48.6 Å². The van der Waals surface area contributed by atoms with Crippen molar-refractivity contribution in [3.05, 3.63) is 11.3 Å². The highest BCUT2D eigenvalue weighted by Gasteiger charge is 2.95. The average molecular weight is 440 g/mol. The third-order valence-electron chi connectivity index (χ3n) is 8.64. The van der Waals surface area contributed by atoms with E-state index in [1.807, 2.05) is 0 Å². The normalized spacial score (nSPS) is 53.4. The van der Waals surface area contributed by atoms with Crippen molar-refractivity contribution in [3.8, 4) is 0 Å². The Morgan fingerprint density at radius 2 is 1.87 bits per heavy atom. The molecular formula is C21H28O10. The number of ether oxygens (including phenoxy) is 5. The zero-order valence-electron chi connectivity index (χ0n) is 18.1. The second-order valence-electron chi connectivity index (χ2n) is 9.71. The summed E-state index contributed by atoms with van der Waals surface area (Å²) in [6, 6.07) is 0. The molecule has 10 nitrogen and oxygen atoms in total. The molecule has 172 valence electrons. The van der Waals surface area contributed by atoms with Gasteiger partial charge in [-0.25, -0.2) is 4.79 Å². The Hall–Kier alpha value is -1.72. The molecule has 0 radical (unpaired) electrons. The quantitative estimate of drug-likeness (QED) is 0.216. The Bertz CT molecular complexity index is 893. The van der Waals surface area contributed by atoms with Gasteiger partial charge < -0.3 is 39.0 Å². The van der Waals surface area contributed by atoms with Crippen LogP contribution in [0.25, 0.3) is 0 Å². The van der Waals surface area contributed by atoms with Gasteiger partial charge in [0.15, 0.2) is 11.7 Å². The molecule has 1 spiro atoms. The first-order chi connectivity index (χ1) is 14.5. The first-order valence-electron chi connectivity index (χ1n) is 10.4. The molecule has 0 aromatic rings. The van der Waals surface area contributed by atoms with Crippen LogP contribution in [0.4, 0.5) is 0 Å². The van der Waals surface area contributed by atoms with Crippen LogP contribution in [-0.4, -0.2) is 89.3 Å². The number of epoxide rings is 1. The van der Waals surface area contributed by atoms with Crippen LogP contribution < -0.4 is 0 Å². The maximum absolute atomic E-state index is 13.0. The van der Waals surface area contributed by atoms with Crippen LogP contribution in [0.15, 0.2) is 11.3 Å². The maximum Gasteiger partial charge on any atom is 0.338 e. The molecule has 2 aliphatic carbocycles. The van der Waals surface area contributed by atoms with E-state index in [2.05, 4.69) is 0 Å². The zero-order valence-corrected chi connectivity index (χ0v) is 18.1. The molecule has 3 heterocycles. The van der Waals surface area contributed by atoms with Gasteiger partial charge in [-0.3, -0.25) is 4.79 Å². The van der Waals surface area contributed by atoms with E-state index < -0.39 is 77.0 Å². The minimum absolute atomic E-state index is 0.0108. The van der Waals surface area contributed by atoms with E-state index in [0.717, 1.165) is 0 Å². The third kappa shape index (κ3) is 1.94. The summed E-state index contributed by atoms with van der Waals surface area (Å²) in [5.41, 5.74) is -6.21. The Kier molecular flexibility index (Phi) is 4.08. The topological polar surface area (TPSA) is 144 Å². The largest absolute Gasteiger partial charge is 0.498 e. The molecule has 9 atom stereocenters. The fourth-order valence-corrected chi connectivity index (χ4v) is 7.01. The van der Waals surface area contributed by atoms with Crippen LogP contribution in [0, 0.1) is 17.3 Å². The van der Waals surface area contributed by atoms with Gasteiger partial charge >= 0.3 is 11.9 Å². The molecule has 5 rings (SSSR count). The number of aliphatic hydroxyl groups excluding tert-OH is 1. The number of rotatable bonds is 4. The lowest BCUT2D eigenvalue weighted by Crippen LogP contribution is -2.78. The number of carbonyl (C=O) groups is 2. The van der Waals surface area contributed by atoms with Crippen molar-refractivity contribution in [3.63, 3.8) is 0 Å².